The molecule has 1 heterocycles. The maximum absolute atomic E-state index is 6.08. The van der Waals surface area contributed by atoms with Gasteiger partial charge >= 0.3 is 0 Å². The number of aliphatic imine (C=N–C) groups is 1. The highest BCUT2D eigenvalue weighted by Gasteiger charge is 2.11. The first kappa shape index (κ1) is 14.7. The summed E-state index contributed by atoms with van der Waals surface area (Å²) in [6, 6.07) is 9.83. The summed E-state index contributed by atoms with van der Waals surface area (Å²) < 4.78 is 5.80. The molecular formula is C16H25N3O. The van der Waals surface area contributed by atoms with Crippen molar-refractivity contribution in [2.45, 2.75) is 38.7 Å². The molecule has 1 saturated heterocycles. The van der Waals surface area contributed by atoms with E-state index >= 15 is 0 Å². The Kier molecular flexibility index (Phi) is 5.71. The molecule has 1 aromatic rings. The second-order valence-electron chi connectivity index (χ2n) is 5.34. The van der Waals surface area contributed by atoms with E-state index < -0.39 is 0 Å². The number of nitrogens with two attached hydrogens (primary N) is 1. The van der Waals surface area contributed by atoms with Crippen LogP contribution in [0.25, 0.3) is 0 Å². The van der Waals surface area contributed by atoms with Gasteiger partial charge in [-0.2, -0.15) is 0 Å². The van der Waals surface area contributed by atoms with E-state index in [1.807, 2.05) is 37.3 Å². The van der Waals surface area contributed by atoms with Gasteiger partial charge in [-0.05, 0) is 31.9 Å². The van der Waals surface area contributed by atoms with Crippen LogP contribution in [0.2, 0.25) is 0 Å². The van der Waals surface area contributed by atoms with Gasteiger partial charge in [0.1, 0.15) is 11.9 Å². The molecule has 4 heteroatoms. The average Bonchev–Trinajstić information content (AvgIpc) is 2.75. The molecule has 1 unspecified atom stereocenters. The van der Waals surface area contributed by atoms with Gasteiger partial charge in [0.05, 0.1) is 6.54 Å². The molecule has 110 valence electrons. The van der Waals surface area contributed by atoms with Crippen LogP contribution in [0, 0.1) is 0 Å². The minimum Gasteiger partial charge on any atom is -0.489 e. The number of guanidine groups is 1. The van der Waals surface area contributed by atoms with Gasteiger partial charge < -0.3 is 15.4 Å². The number of hydrogen-bond donors (Lipinski definition) is 1. The SMILES string of the molecule is CC(CN=C(N)N1CCCCCC1)Oc1ccccc1. The molecule has 1 aromatic carbocycles. The van der Waals surface area contributed by atoms with Crippen molar-refractivity contribution in [1.29, 1.82) is 0 Å². The van der Waals surface area contributed by atoms with Crippen molar-refractivity contribution in [3.05, 3.63) is 30.3 Å². The van der Waals surface area contributed by atoms with E-state index in [9.17, 15) is 0 Å². The van der Waals surface area contributed by atoms with Crippen molar-refractivity contribution in [3.8, 4) is 5.75 Å². The second-order valence-corrected chi connectivity index (χ2v) is 5.34. The fourth-order valence-corrected chi connectivity index (χ4v) is 2.39. The third kappa shape index (κ3) is 4.76. The van der Waals surface area contributed by atoms with Crippen LogP contribution in [0.1, 0.15) is 32.6 Å². The van der Waals surface area contributed by atoms with Gasteiger partial charge in [0.25, 0.3) is 0 Å². The largest absolute Gasteiger partial charge is 0.489 e. The van der Waals surface area contributed by atoms with Gasteiger partial charge in [-0.1, -0.05) is 31.0 Å². The van der Waals surface area contributed by atoms with Crippen molar-refractivity contribution in [2.24, 2.45) is 10.7 Å². The topological polar surface area (TPSA) is 50.8 Å². The lowest BCUT2D eigenvalue weighted by Gasteiger charge is -2.21. The van der Waals surface area contributed by atoms with Crippen LogP contribution in [-0.4, -0.2) is 36.6 Å². The Bertz CT molecular complexity index is 411. The Morgan fingerprint density at radius 3 is 2.50 bits per heavy atom. The van der Waals surface area contributed by atoms with Crippen molar-refractivity contribution in [1.82, 2.24) is 4.90 Å². The molecule has 4 nitrogen and oxygen atoms in total. The molecule has 1 aliphatic rings. The summed E-state index contributed by atoms with van der Waals surface area (Å²) in [4.78, 5) is 6.68. The standard InChI is InChI=1S/C16H25N3O/c1-14(20-15-9-5-4-6-10-15)13-18-16(17)19-11-7-2-3-8-12-19/h4-6,9-10,14H,2-3,7-8,11-13H2,1H3,(H2,17,18). The van der Waals surface area contributed by atoms with E-state index in [0.717, 1.165) is 18.8 Å². The minimum atomic E-state index is 0.0305. The van der Waals surface area contributed by atoms with E-state index in [4.69, 9.17) is 10.5 Å². The van der Waals surface area contributed by atoms with Crippen LogP contribution in [0.15, 0.2) is 35.3 Å². The molecule has 0 spiro atoms. The molecule has 0 bridgehead atoms. The maximum Gasteiger partial charge on any atom is 0.191 e. The highest BCUT2D eigenvalue weighted by atomic mass is 16.5. The monoisotopic (exact) mass is 275 g/mol. The zero-order valence-electron chi connectivity index (χ0n) is 12.3. The Morgan fingerprint density at radius 1 is 1.20 bits per heavy atom. The highest BCUT2D eigenvalue weighted by Crippen LogP contribution is 2.11. The Labute approximate surface area is 121 Å². The van der Waals surface area contributed by atoms with Crippen molar-refractivity contribution < 1.29 is 4.74 Å². The van der Waals surface area contributed by atoms with Gasteiger partial charge in [-0.15, -0.1) is 0 Å². The van der Waals surface area contributed by atoms with E-state index in [2.05, 4.69) is 9.89 Å². The van der Waals surface area contributed by atoms with Crippen LogP contribution in [-0.2, 0) is 0 Å². The molecule has 2 N–H and O–H groups in total. The van der Waals surface area contributed by atoms with E-state index in [-0.39, 0.29) is 6.10 Å². The van der Waals surface area contributed by atoms with Crippen LogP contribution in [0.5, 0.6) is 5.75 Å². The molecule has 2 rings (SSSR count). The van der Waals surface area contributed by atoms with Crippen LogP contribution < -0.4 is 10.5 Å². The number of likely N-dealkylation sites (tertiary alicyclic amines) is 1. The zero-order chi connectivity index (χ0) is 14.2. The number of ether oxygens (including phenoxy) is 1. The van der Waals surface area contributed by atoms with Gasteiger partial charge in [0, 0.05) is 13.1 Å². The lowest BCUT2D eigenvalue weighted by molar-refractivity contribution is 0.229. The molecule has 0 radical (unpaired) electrons. The second kappa shape index (κ2) is 7.78. The number of nitrogens with zero attached hydrogens (tertiary/aromatic N) is 2. The lowest BCUT2D eigenvalue weighted by Crippen LogP contribution is -2.38. The molecule has 0 aromatic heterocycles. The summed E-state index contributed by atoms with van der Waals surface area (Å²) in [5, 5.41) is 0. The maximum atomic E-state index is 6.08. The number of benzene rings is 1. The first-order chi connectivity index (χ1) is 9.75. The third-order valence-corrected chi connectivity index (χ3v) is 3.52. The summed E-state index contributed by atoms with van der Waals surface area (Å²) in [6.45, 7) is 4.68. The molecule has 1 atom stereocenters. The van der Waals surface area contributed by atoms with Crippen LogP contribution >= 0.6 is 0 Å². The summed E-state index contributed by atoms with van der Waals surface area (Å²) >= 11 is 0. The Morgan fingerprint density at radius 2 is 1.85 bits per heavy atom. The van der Waals surface area contributed by atoms with Crippen LogP contribution in [0.3, 0.4) is 0 Å². The average molecular weight is 275 g/mol. The smallest absolute Gasteiger partial charge is 0.191 e. The third-order valence-electron chi connectivity index (χ3n) is 3.52. The highest BCUT2D eigenvalue weighted by molar-refractivity contribution is 5.78. The molecule has 20 heavy (non-hydrogen) atoms. The molecular weight excluding hydrogens is 250 g/mol. The molecule has 1 fully saturated rings. The number of para-hydroxylation sites is 1. The predicted molar refractivity (Wildman–Crippen MR) is 83.1 cm³/mol. The van der Waals surface area contributed by atoms with Crippen molar-refractivity contribution in [2.75, 3.05) is 19.6 Å². The van der Waals surface area contributed by atoms with E-state index in [0.29, 0.717) is 12.5 Å². The predicted octanol–water partition coefficient (Wildman–Crippen LogP) is 2.64. The quantitative estimate of drug-likeness (QED) is 0.679. The van der Waals surface area contributed by atoms with Gasteiger partial charge in [0.15, 0.2) is 5.96 Å². The van der Waals surface area contributed by atoms with Gasteiger partial charge in [-0.25, -0.2) is 4.99 Å². The molecule has 0 aliphatic carbocycles. The fourth-order valence-electron chi connectivity index (χ4n) is 2.39. The van der Waals surface area contributed by atoms with Crippen molar-refractivity contribution >= 4 is 5.96 Å². The fraction of sp³-hybridized carbons (Fsp3) is 0.562. The van der Waals surface area contributed by atoms with Gasteiger partial charge in [0.2, 0.25) is 0 Å². The molecule has 0 saturated carbocycles. The first-order valence-corrected chi connectivity index (χ1v) is 7.52. The number of rotatable bonds is 4. The summed E-state index contributed by atoms with van der Waals surface area (Å²) in [7, 11) is 0. The summed E-state index contributed by atoms with van der Waals surface area (Å²) in [6.07, 6.45) is 5.07. The van der Waals surface area contributed by atoms with E-state index in [1.165, 1.54) is 25.7 Å². The van der Waals surface area contributed by atoms with E-state index in [1.54, 1.807) is 0 Å². The lowest BCUT2D eigenvalue weighted by atomic mass is 10.2. The summed E-state index contributed by atoms with van der Waals surface area (Å²) in [5.74, 6) is 1.54. The number of hydrogen-bond acceptors (Lipinski definition) is 2. The first-order valence-electron chi connectivity index (χ1n) is 7.52. The minimum absolute atomic E-state index is 0.0305. The Hall–Kier alpha value is -1.71. The zero-order valence-corrected chi connectivity index (χ0v) is 12.3. The van der Waals surface area contributed by atoms with Crippen LogP contribution in [0.4, 0.5) is 0 Å². The van der Waals surface area contributed by atoms with Crippen molar-refractivity contribution in [3.63, 3.8) is 0 Å². The summed E-state index contributed by atoms with van der Waals surface area (Å²) in [5.41, 5.74) is 6.08. The van der Waals surface area contributed by atoms with Gasteiger partial charge in [-0.3, -0.25) is 0 Å². The normalized spacial score (nSPS) is 18.4. The molecule has 1 aliphatic heterocycles. The molecule has 0 amide bonds. The Balaban J connectivity index is 1.81.